The largest absolute Gasteiger partial charge is 0.444 e. The molecule has 1 aliphatic heterocycles. The zero-order valence-corrected chi connectivity index (χ0v) is 21.6. The Bertz CT molecular complexity index is 803. The van der Waals surface area contributed by atoms with E-state index in [0.29, 0.717) is 24.4 Å². The van der Waals surface area contributed by atoms with Gasteiger partial charge < -0.3 is 20.3 Å². The number of hydrogen-bond acceptors (Lipinski definition) is 5. The summed E-state index contributed by atoms with van der Waals surface area (Å²) in [6.07, 6.45) is 8.70. The Balaban J connectivity index is 1.69. The molecular formula is C28H44N2O5. The van der Waals surface area contributed by atoms with Gasteiger partial charge in [0.25, 0.3) is 0 Å². The van der Waals surface area contributed by atoms with Crippen LogP contribution in [0.4, 0.5) is 4.79 Å². The highest BCUT2D eigenvalue weighted by Crippen LogP contribution is 2.33. The van der Waals surface area contributed by atoms with E-state index in [-0.39, 0.29) is 5.91 Å². The number of amides is 2. The van der Waals surface area contributed by atoms with Gasteiger partial charge in [0.15, 0.2) is 0 Å². The molecule has 7 heteroatoms. The van der Waals surface area contributed by atoms with Gasteiger partial charge >= 0.3 is 6.09 Å². The van der Waals surface area contributed by atoms with E-state index in [0.717, 1.165) is 18.8 Å². The number of hydrogen-bond donors (Lipinski definition) is 3. The third-order valence-electron chi connectivity index (χ3n) is 7.40. The lowest BCUT2D eigenvalue weighted by molar-refractivity contribution is -0.130. The summed E-state index contributed by atoms with van der Waals surface area (Å²) in [5.74, 6) is 0.782. The molecule has 35 heavy (non-hydrogen) atoms. The molecule has 1 aromatic carbocycles. The maximum absolute atomic E-state index is 13.5. The van der Waals surface area contributed by atoms with Gasteiger partial charge in [0.1, 0.15) is 17.7 Å². The molecule has 0 aromatic heterocycles. The first kappa shape index (κ1) is 27.5. The number of aliphatic hydroxyl groups excluding tert-OH is 2. The van der Waals surface area contributed by atoms with E-state index in [2.05, 4.69) is 5.32 Å². The van der Waals surface area contributed by atoms with Gasteiger partial charge in [-0.15, -0.1) is 0 Å². The predicted molar refractivity (Wildman–Crippen MR) is 136 cm³/mol. The second kappa shape index (κ2) is 12.7. The molecule has 1 aliphatic carbocycles. The van der Waals surface area contributed by atoms with Crippen molar-refractivity contribution in [2.24, 2.45) is 11.8 Å². The molecule has 0 spiro atoms. The van der Waals surface area contributed by atoms with Gasteiger partial charge in [-0.3, -0.25) is 9.69 Å². The highest BCUT2D eigenvalue weighted by atomic mass is 16.6. The summed E-state index contributed by atoms with van der Waals surface area (Å²) in [5, 5.41) is 23.5. The van der Waals surface area contributed by atoms with Gasteiger partial charge in [0.05, 0.1) is 12.6 Å². The molecule has 0 radical (unpaired) electrons. The van der Waals surface area contributed by atoms with Crippen molar-refractivity contribution in [3.05, 3.63) is 35.9 Å². The van der Waals surface area contributed by atoms with E-state index in [1.54, 1.807) is 24.3 Å². The van der Waals surface area contributed by atoms with Crippen LogP contribution in [-0.2, 0) is 9.53 Å². The van der Waals surface area contributed by atoms with Crippen LogP contribution in [0, 0.1) is 11.8 Å². The fourth-order valence-corrected chi connectivity index (χ4v) is 5.42. The number of ether oxygens (including phenoxy) is 1. The van der Waals surface area contributed by atoms with Crippen LogP contribution in [0.2, 0.25) is 0 Å². The van der Waals surface area contributed by atoms with Crippen LogP contribution in [0.15, 0.2) is 30.3 Å². The van der Waals surface area contributed by atoms with E-state index in [9.17, 15) is 19.8 Å². The maximum Gasteiger partial charge on any atom is 0.410 e. The summed E-state index contributed by atoms with van der Waals surface area (Å²) >= 11 is 0. The number of carbonyl (C=O) groups excluding carboxylic acids is 2. The summed E-state index contributed by atoms with van der Waals surface area (Å²) in [7, 11) is 0. The van der Waals surface area contributed by atoms with Crippen LogP contribution in [-0.4, -0.2) is 57.9 Å². The molecule has 1 aromatic rings. The Morgan fingerprint density at radius 3 is 2.34 bits per heavy atom. The minimum absolute atomic E-state index is 0.354. The topological polar surface area (TPSA) is 99.1 Å². The minimum atomic E-state index is -1.05. The standard InChI is InChI=1S/C28H44N2O5/c1-28(2,3)35-27(34)30-17-16-21(15-14-20-10-6-4-7-11-20)18-24(30)26(33)29-23(19-31)25(32)22-12-8-5-9-13-22/h5,8-9,12-13,20-21,23-25,31-32H,4,6-7,10-11,14-19H2,1-3H3,(H,29,33)/t21?,23-,24?,25-/m1/s1. The normalized spacial score (nSPS) is 23.4. The molecule has 2 unspecified atom stereocenters. The van der Waals surface area contributed by atoms with Gasteiger partial charge in [-0.05, 0) is 51.0 Å². The fourth-order valence-electron chi connectivity index (χ4n) is 5.42. The van der Waals surface area contributed by atoms with Crippen molar-refractivity contribution >= 4 is 12.0 Å². The average Bonchev–Trinajstić information content (AvgIpc) is 2.85. The molecule has 2 fully saturated rings. The quantitative estimate of drug-likeness (QED) is 0.498. The third-order valence-corrected chi connectivity index (χ3v) is 7.40. The lowest BCUT2D eigenvalue weighted by Crippen LogP contribution is -2.57. The first-order valence-electron chi connectivity index (χ1n) is 13.3. The third kappa shape index (κ3) is 8.21. The van der Waals surface area contributed by atoms with Gasteiger partial charge in [-0.2, -0.15) is 0 Å². The number of nitrogens with one attached hydrogen (secondary N) is 1. The van der Waals surface area contributed by atoms with E-state index >= 15 is 0 Å². The first-order valence-corrected chi connectivity index (χ1v) is 13.3. The van der Waals surface area contributed by atoms with E-state index < -0.39 is 36.5 Å². The molecule has 3 N–H and O–H groups in total. The van der Waals surface area contributed by atoms with Gasteiger partial charge in [0.2, 0.25) is 5.91 Å². The molecule has 1 saturated carbocycles. The average molecular weight is 489 g/mol. The van der Waals surface area contributed by atoms with Crippen LogP contribution < -0.4 is 5.32 Å². The Morgan fingerprint density at radius 2 is 1.71 bits per heavy atom. The Labute approximate surface area is 210 Å². The Kier molecular flexibility index (Phi) is 9.99. The molecule has 0 bridgehead atoms. The summed E-state index contributed by atoms with van der Waals surface area (Å²) in [6, 6.07) is 7.41. The van der Waals surface area contributed by atoms with Gasteiger partial charge in [-0.25, -0.2) is 4.79 Å². The number of nitrogens with zero attached hydrogens (tertiary/aromatic N) is 1. The van der Waals surface area contributed by atoms with E-state index in [4.69, 9.17) is 4.74 Å². The first-order chi connectivity index (χ1) is 16.7. The highest BCUT2D eigenvalue weighted by molar-refractivity contribution is 5.86. The van der Waals surface area contributed by atoms with Crippen molar-refractivity contribution in [1.82, 2.24) is 10.2 Å². The van der Waals surface area contributed by atoms with Crippen LogP contribution in [0.1, 0.15) is 90.2 Å². The lowest BCUT2D eigenvalue weighted by atomic mass is 9.80. The van der Waals surface area contributed by atoms with Crippen molar-refractivity contribution in [2.75, 3.05) is 13.2 Å². The van der Waals surface area contributed by atoms with Crippen molar-refractivity contribution in [1.29, 1.82) is 0 Å². The summed E-state index contributed by atoms with van der Waals surface area (Å²) in [6.45, 7) is 5.50. The van der Waals surface area contributed by atoms with Gasteiger partial charge in [-0.1, -0.05) is 75.3 Å². The molecule has 2 amide bonds. The van der Waals surface area contributed by atoms with Crippen molar-refractivity contribution in [3.8, 4) is 0 Å². The van der Waals surface area contributed by atoms with Crippen molar-refractivity contribution in [3.63, 3.8) is 0 Å². The lowest BCUT2D eigenvalue weighted by Gasteiger charge is -2.40. The number of carbonyl (C=O) groups is 2. The summed E-state index contributed by atoms with van der Waals surface area (Å²) in [4.78, 5) is 28.0. The number of piperidine rings is 1. The second-order valence-electron chi connectivity index (χ2n) is 11.3. The van der Waals surface area contributed by atoms with Crippen LogP contribution in [0.5, 0.6) is 0 Å². The second-order valence-corrected chi connectivity index (χ2v) is 11.3. The van der Waals surface area contributed by atoms with E-state index in [1.807, 2.05) is 26.8 Å². The van der Waals surface area contributed by atoms with Gasteiger partial charge in [0, 0.05) is 6.54 Å². The van der Waals surface area contributed by atoms with Crippen LogP contribution in [0.3, 0.4) is 0 Å². The van der Waals surface area contributed by atoms with Crippen molar-refractivity contribution < 1.29 is 24.5 Å². The summed E-state index contributed by atoms with van der Waals surface area (Å²) < 4.78 is 5.60. The Morgan fingerprint density at radius 1 is 1.06 bits per heavy atom. The molecule has 196 valence electrons. The van der Waals surface area contributed by atoms with Crippen LogP contribution in [0.25, 0.3) is 0 Å². The Hall–Kier alpha value is -2.12. The van der Waals surface area contributed by atoms with Crippen LogP contribution >= 0.6 is 0 Å². The highest BCUT2D eigenvalue weighted by Gasteiger charge is 2.39. The number of rotatable bonds is 8. The SMILES string of the molecule is CC(C)(C)OC(=O)N1CCC(CCC2CCCCC2)CC1C(=O)N[C@H](CO)[C@H](O)c1ccccc1. The zero-order chi connectivity index (χ0) is 25.4. The smallest absolute Gasteiger partial charge is 0.410 e. The number of likely N-dealkylation sites (tertiary alicyclic amines) is 1. The monoisotopic (exact) mass is 488 g/mol. The molecular weight excluding hydrogens is 444 g/mol. The minimum Gasteiger partial charge on any atom is -0.444 e. The summed E-state index contributed by atoms with van der Waals surface area (Å²) in [5.41, 5.74) is -0.0440. The molecule has 4 atom stereocenters. The molecule has 3 rings (SSSR count). The maximum atomic E-state index is 13.5. The predicted octanol–water partition coefficient (Wildman–Crippen LogP) is 4.57. The fraction of sp³-hybridized carbons (Fsp3) is 0.714. The number of benzene rings is 1. The molecule has 7 nitrogen and oxygen atoms in total. The molecule has 1 heterocycles. The number of aliphatic hydroxyl groups is 2. The van der Waals surface area contributed by atoms with Crippen molar-refractivity contribution in [2.45, 2.75) is 102 Å². The molecule has 2 aliphatic rings. The zero-order valence-electron chi connectivity index (χ0n) is 21.6. The van der Waals surface area contributed by atoms with E-state index in [1.165, 1.54) is 43.4 Å². The molecule has 1 saturated heterocycles.